The van der Waals surface area contributed by atoms with E-state index in [9.17, 15) is 4.39 Å². The third-order valence-electron chi connectivity index (χ3n) is 2.58. The molecular formula is C13H13FN4O. The minimum atomic E-state index is -0.492. The second-order valence-corrected chi connectivity index (χ2v) is 4.08. The van der Waals surface area contributed by atoms with Crippen molar-refractivity contribution in [3.63, 3.8) is 0 Å². The van der Waals surface area contributed by atoms with E-state index in [1.165, 1.54) is 6.07 Å². The van der Waals surface area contributed by atoms with Crippen LogP contribution < -0.4 is 5.32 Å². The standard InChI is InChI=1S/C13H13FN4O/c1-9-17-13(18-19-9)4-5-16-8-10-2-3-12(14)11(6-10)7-15/h2-3,6,16H,4-5,8H2,1H3. The first kappa shape index (κ1) is 13.2. The molecule has 0 aliphatic rings. The van der Waals surface area contributed by atoms with Crippen LogP contribution in [0.25, 0.3) is 0 Å². The number of aromatic nitrogens is 2. The Balaban J connectivity index is 1.81. The number of rotatable bonds is 5. The molecule has 0 aliphatic carbocycles. The van der Waals surface area contributed by atoms with Crippen LogP contribution in [0.1, 0.15) is 22.8 Å². The van der Waals surface area contributed by atoms with Crippen molar-refractivity contribution in [3.05, 3.63) is 46.9 Å². The molecule has 0 saturated heterocycles. The van der Waals surface area contributed by atoms with E-state index in [0.29, 0.717) is 31.2 Å². The number of nitrogens with zero attached hydrogens (tertiary/aromatic N) is 3. The van der Waals surface area contributed by atoms with Gasteiger partial charge in [0.25, 0.3) is 0 Å². The summed E-state index contributed by atoms with van der Waals surface area (Å²) in [5.74, 6) is 0.711. The Morgan fingerprint density at radius 1 is 1.47 bits per heavy atom. The first-order valence-electron chi connectivity index (χ1n) is 5.87. The first-order chi connectivity index (χ1) is 9.19. The lowest BCUT2D eigenvalue weighted by Crippen LogP contribution is -2.17. The van der Waals surface area contributed by atoms with Gasteiger partial charge in [-0.05, 0) is 17.7 Å². The van der Waals surface area contributed by atoms with Gasteiger partial charge in [0.15, 0.2) is 5.82 Å². The zero-order valence-corrected chi connectivity index (χ0v) is 10.5. The van der Waals surface area contributed by atoms with Crippen molar-refractivity contribution in [2.45, 2.75) is 19.9 Å². The van der Waals surface area contributed by atoms with Crippen LogP contribution >= 0.6 is 0 Å². The summed E-state index contributed by atoms with van der Waals surface area (Å²) in [6, 6.07) is 6.32. The quantitative estimate of drug-likeness (QED) is 0.828. The van der Waals surface area contributed by atoms with Crippen molar-refractivity contribution in [1.29, 1.82) is 5.26 Å². The van der Waals surface area contributed by atoms with Crippen LogP contribution in [-0.2, 0) is 13.0 Å². The van der Waals surface area contributed by atoms with Crippen LogP contribution in [0, 0.1) is 24.1 Å². The van der Waals surface area contributed by atoms with Crippen LogP contribution in [0.3, 0.4) is 0 Å². The van der Waals surface area contributed by atoms with Gasteiger partial charge in [-0.25, -0.2) is 4.39 Å². The summed E-state index contributed by atoms with van der Waals surface area (Å²) in [4.78, 5) is 4.08. The maximum Gasteiger partial charge on any atom is 0.223 e. The number of benzene rings is 1. The van der Waals surface area contributed by atoms with E-state index in [4.69, 9.17) is 9.78 Å². The molecule has 1 N–H and O–H groups in total. The number of halogens is 1. The molecule has 5 nitrogen and oxygen atoms in total. The second kappa shape index (κ2) is 6.07. The van der Waals surface area contributed by atoms with Gasteiger partial charge in [-0.3, -0.25) is 0 Å². The summed E-state index contributed by atoms with van der Waals surface area (Å²) >= 11 is 0. The molecule has 2 aromatic rings. The van der Waals surface area contributed by atoms with E-state index in [1.807, 2.05) is 6.07 Å². The predicted molar refractivity (Wildman–Crippen MR) is 65.6 cm³/mol. The largest absolute Gasteiger partial charge is 0.340 e. The molecule has 1 aromatic carbocycles. The number of aryl methyl sites for hydroxylation is 1. The molecule has 1 heterocycles. The van der Waals surface area contributed by atoms with E-state index in [1.54, 1.807) is 19.1 Å². The Morgan fingerprint density at radius 3 is 3.00 bits per heavy atom. The molecule has 0 atom stereocenters. The molecule has 1 aromatic heterocycles. The Hall–Kier alpha value is -2.26. The highest BCUT2D eigenvalue weighted by atomic mass is 19.1. The van der Waals surface area contributed by atoms with Crippen LogP contribution in [0.2, 0.25) is 0 Å². The maximum atomic E-state index is 13.1. The Labute approximate surface area is 110 Å². The molecule has 0 amide bonds. The monoisotopic (exact) mass is 260 g/mol. The Bertz CT molecular complexity index is 603. The Morgan fingerprint density at radius 2 is 2.32 bits per heavy atom. The molecule has 98 valence electrons. The van der Waals surface area contributed by atoms with Crippen molar-refractivity contribution in [2.24, 2.45) is 0 Å². The molecule has 0 spiro atoms. The van der Waals surface area contributed by atoms with E-state index >= 15 is 0 Å². The molecule has 0 saturated carbocycles. The second-order valence-electron chi connectivity index (χ2n) is 4.08. The number of hydrogen-bond acceptors (Lipinski definition) is 5. The topological polar surface area (TPSA) is 74.7 Å². The number of nitriles is 1. The first-order valence-corrected chi connectivity index (χ1v) is 5.87. The number of nitrogens with one attached hydrogen (secondary N) is 1. The summed E-state index contributed by atoms with van der Waals surface area (Å²) in [5, 5.41) is 15.7. The van der Waals surface area contributed by atoms with Gasteiger partial charge in [-0.1, -0.05) is 11.2 Å². The smallest absolute Gasteiger partial charge is 0.223 e. The van der Waals surface area contributed by atoms with Crippen molar-refractivity contribution in [2.75, 3.05) is 6.54 Å². The van der Waals surface area contributed by atoms with Crippen molar-refractivity contribution in [1.82, 2.24) is 15.5 Å². The third-order valence-corrected chi connectivity index (χ3v) is 2.58. The van der Waals surface area contributed by atoms with Gasteiger partial charge in [0.05, 0.1) is 5.56 Å². The molecule has 0 fully saturated rings. The lowest BCUT2D eigenvalue weighted by atomic mass is 10.1. The highest BCUT2D eigenvalue weighted by molar-refractivity contribution is 5.34. The van der Waals surface area contributed by atoms with Crippen LogP contribution in [0.15, 0.2) is 22.7 Å². The van der Waals surface area contributed by atoms with Crippen LogP contribution in [0.4, 0.5) is 4.39 Å². The summed E-state index contributed by atoms with van der Waals surface area (Å²) in [6.07, 6.45) is 0.656. The summed E-state index contributed by atoms with van der Waals surface area (Å²) in [5.41, 5.74) is 0.926. The van der Waals surface area contributed by atoms with Gasteiger partial charge in [0, 0.05) is 26.4 Å². The number of hydrogen-bond donors (Lipinski definition) is 1. The van der Waals surface area contributed by atoms with Gasteiger partial charge < -0.3 is 9.84 Å². The minimum absolute atomic E-state index is 0.0630. The average Bonchev–Trinajstić information content (AvgIpc) is 2.82. The highest BCUT2D eigenvalue weighted by Gasteiger charge is 2.04. The van der Waals surface area contributed by atoms with Gasteiger partial charge in [0.2, 0.25) is 5.89 Å². The zero-order chi connectivity index (χ0) is 13.7. The van der Waals surface area contributed by atoms with E-state index in [0.717, 1.165) is 5.56 Å². The fourth-order valence-corrected chi connectivity index (χ4v) is 1.64. The fourth-order valence-electron chi connectivity index (χ4n) is 1.64. The minimum Gasteiger partial charge on any atom is -0.340 e. The average molecular weight is 260 g/mol. The van der Waals surface area contributed by atoms with Crippen molar-refractivity contribution < 1.29 is 8.91 Å². The van der Waals surface area contributed by atoms with E-state index in [2.05, 4.69) is 15.5 Å². The van der Waals surface area contributed by atoms with Crippen molar-refractivity contribution >= 4 is 0 Å². The molecule has 0 aliphatic heterocycles. The molecule has 0 radical (unpaired) electrons. The molecule has 19 heavy (non-hydrogen) atoms. The molecular weight excluding hydrogens is 247 g/mol. The highest BCUT2D eigenvalue weighted by Crippen LogP contribution is 2.09. The zero-order valence-electron chi connectivity index (χ0n) is 10.5. The van der Waals surface area contributed by atoms with Crippen LogP contribution in [0.5, 0.6) is 0 Å². The van der Waals surface area contributed by atoms with Gasteiger partial charge >= 0.3 is 0 Å². The maximum absolute atomic E-state index is 13.1. The summed E-state index contributed by atoms with van der Waals surface area (Å²) < 4.78 is 18.0. The predicted octanol–water partition coefficient (Wildman–Crippen LogP) is 1.72. The molecule has 6 heteroatoms. The van der Waals surface area contributed by atoms with Gasteiger partial charge in [0.1, 0.15) is 11.9 Å². The fraction of sp³-hybridized carbons (Fsp3) is 0.308. The molecule has 2 rings (SSSR count). The van der Waals surface area contributed by atoms with Crippen LogP contribution in [-0.4, -0.2) is 16.7 Å². The third kappa shape index (κ3) is 3.60. The lowest BCUT2D eigenvalue weighted by molar-refractivity contribution is 0.387. The molecule has 0 bridgehead atoms. The van der Waals surface area contributed by atoms with E-state index in [-0.39, 0.29) is 5.56 Å². The van der Waals surface area contributed by atoms with Crippen molar-refractivity contribution in [3.8, 4) is 6.07 Å². The van der Waals surface area contributed by atoms with Gasteiger partial charge in [-0.2, -0.15) is 10.2 Å². The Kier molecular flexibility index (Phi) is 4.21. The normalized spacial score (nSPS) is 10.4. The van der Waals surface area contributed by atoms with E-state index < -0.39 is 5.82 Å². The SMILES string of the molecule is Cc1nc(CCNCc2ccc(F)c(C#N)c2)no1. The summed E-state index contributed by atoms with van der Waals surface area (Å²) in [6.45, 7) is 2.98. The lowest BCUT2D eigenvalue weighted by Gasteiger charge is -2.04. The van der Waals surface area contributed by atoms with Gasteiger partial charge in [-0.15, -0.1) is 0 Å². The summed E-state index contributed by atoms with van der Waals surface area (Å²) in [7, 11) is 0. The molecule has 0 unspecified atom stereocenters.